The highest BCUT2D eigenvalue weighted by Crippen LogP contribution is 2.26. The van der Waals surface area contributed by atoms with Gasteiger partial charge >= 0.3 is 0 Å². The van der Waals surface area contributed by atoms with Crippen molar-refractivity contribution in [2.45, 2.75) is 26.3 Å². The SMILES string of the molecule is CCCc1ccc(-c2ccc(OC)c(CN)c2)cc1. The molecule has 0 radical (unpaired) electrons. The van der Waals surface area contributed by atoms with Gasteiger partial charge in [0.05, 0.1) is 7.11 Å². The number of hydrogen-bond acceptors (Lipinski definition) is 2. The predicted molar refractivity (Wildman–Crippen MR) is 80.3 cm³/mol. The minimum absolute atomic E-state index is 0.491. The van der Waals surface area contributed by atoms with Crippen LogP contribution in [0.25, 0.3) is 11.1 Å². The molecular weight excluding hydrogens is 234 g/mol. The van der Waals surface area contributed by atoms with Gasteiger partial charge in [-0.2, -0.15) is 0 Å². The molecule has 2 heteroatoms. The van der Waals surface area contributed by atoms with Gasteiger partial charge in [-0.15, -0.1) is 0 Å². The normalized spacial score (nSPS) is 10.5. The van der Waals surface area contributed by atoms with Crippen molar-refractivity contribution in [1.82, 2.24) is 0 Å². The third-order valence-electron chi connectivity index (χ3n) is 3.33. The average Bonchev–Trinajstić information content (AvgIpc) is 2.47. The van der Waals surface area contributed by atoms with Crippen molar-refractivity contribution in [1.29, 1.82) is 0 Å². The van der Waals surface area contributed by atoms with Crippen LogP contribution >= 0.6 is 0 Å². The Balaban J connectivity index is 2.30. The maximum Gasteiger partial charge on any atom is 0.123 e. The maximum atomic E-state index is 5.76. The van der Waals surface area contributed by atoms with E-state index < -0.39 is 0 Å². The largest absolute Gasteiger partial charge is 0.496 e. The molecule has 19 heavy (non-hydrogen) atoms. The molecule has 0 aliphatic rings. The van der Waals surface area contributed by atoms with E-state index in [-0.39, 0.29) is 0 Å². The first kappa shape index (κ1) is 13.6. The van der Waals surface area contributed by atoms with Crippen LogP contribution in [0.15, 0.2) is 42.5 Å². The summed E-state index contributed by atoms with van der Waals surface area (Å²) in [5.41, 5.74) is 10.6. The van der Waals surface area contributed by atoms with E-state index in [1.54, 1.807) is 7.11 Å². The van der Waals surface area contributed by atoms with Crippen LogP contribution in [0, 0.1) is 0 Å². The second-order valence-corrected chi connectivity index (χ2v) is 4.68. The van der Waals surface area contributed by atoms with Crippen molar-refractivity contribution in [2.24, 2.45) is 5.73 Å². The Morgan fingerprint density at radius 1 is 1.00 bits per heavy atom. The van der Waals surface area contributed by atoms with Crippen molar-refractivity contribution >= 4 is 0 Å². The fraction of sp³-hybridized carbons (Fsp3) is 0.294. The number of nitrogens with two attached hydrogens (primary N) is 1. The van der Waals surface area contributed by atoms with Gasteiger partial charge in [0, 0.05) is 12.1 Å². The van der Waals surface area contributed by atoms with Crippen LogP contribution in [0.3, 0.4) is 0 Å². The summed E-state index contributed by atoms with van der Waals surface area (Å²) in [6.45, 7) is 2.69. The van der Waals surface area contributed by atoms with Gasteiger partial charge in [-0.05, 0) is 35.2 Å². The summed E-state index contributed by atoms with van der Waals surface area (Å²) in [4.78, 5) is 0. The zero-order valence-electron chi connectivity index (χ0n) is 11.6. The molecule has 0 atom stereocenters. The van der Waals surface area contributed by atoms with Crippen LogP contribution in [-0.4, -0.2) is 7.11 Å². The number of rotatable bonds is 5. The van der Waals surface area contributed by atoms with Crippen LogP contribution < -0.4 is 10.5 Å². The van der Waals surface area contributed by atoms with E-state index in [1.165, 1.54) is 23.1 Å². The fourth-order valence-electron chi connectivity index (χ4n) is 2.27. The lowest BCUT2D eigenvalue weighted by Gasteiger charge is -2.10. The Morgan fingerprint density at radius 2 is 1.68 bits per heavy atom. The number of hydrogen-bond donors (Lipinski definition) is 1. The molecule has 100 valence electrons. The molecule has 0 saturated carbocycles. The molecule has 2 nitrogen and oxygen atoms in total. The molecular formula is C17H21NO. The van der Waals surface area contributed by atoms with Crippen molar-refractivity contribution in [3.8, 4) is 16.9 Å². The third-order valence-corrected chi connectivity index (χ3v) is 3.33. The molecule has 0 fully saturated rings. The Labute approximate surface area is 115 Å². The van der Waals surface area contributed by atoms with Gasteiger partial charge in [0.15, 0.2) is 0 Å². The summed E-state index contributed by atoms with van der Waals surface area (Å²) in [7, 11) is 1.67. The minimum Gasteiger partial charge on any atom is -0.496 e. The van der Waals surface area contributed by atoms with E-state index >= 15 is 0 Å². The highest BCUT2D eigenvalue weighted by Gasteiger charge is 2.04. The maximum absolute atomic E-state index is 5.76. The van der Waals surface area contributed by atoms with Gasteiger partial charge < -0.3 is 10.5 Å². The van der Waals surface area contributed by atoms with Crippen LogP contribution in [-0.2, 0) is 13.0 Å². The molecule has 2 aromatic carbocycles. The first-order chi connectivity index (χ1) is 9.28. The van der Waals surface area contributed by atoms with E-state index in [9.17, 15) is 0 Å². The Hall–Kier alpha value is -1.80. The van der Waals surface area contributed by atoms with E-state index in [0.717, 1.165) is 17.7 Å². The van der Waals surface area contributed by atoms with Crippen LogP contribution in [0.1, 0.15) is 24.5 Å². The Bertz CT molecular complexity index is 531. The zero-order chi connectivity index (χ0) is 13.7. The Morgan fingerprint density at radius 3 is 2.26 bits per heavy atom. The molecule has 0 spiro atoms. The number of benzene rings is 2. The van der Waals surface area contributed by atoms with Crippen molar-refractivity contribution in [2.75, 3.05) is 7.11 Å². The van der Waals surface area contributed by atoms with Gasteiger partial charge in [-0.25, -0.2) is 0 Å². The molecule has 2 rings (SSSR count). The first-order valence-electron chi connectivity index (χ1n) is 6.74. The molecule has 0 heterocycles. The summed E-state index contributed by atoms with van der Waals surface area (Å²) in [6.07, 6.45) is 2.32. The molecule has 0 bridgehead atoms. The fourth-order valence-corrected chi connectivity index (χ4v) is 2.27. The predicted octanol–water partition coefficient (Wildman–Crippen LogP) is 3.77. The molecule has 0 aliphatic heterocycles. The number of aryl methyl sites for hydroxylation is 1. The molecule has 0 unspecified atom stereocenters. The van der Waals surface area contributed by atoms with Crippen LogP contribution in [0.4, 0.5) is 0 Å². The highest BCUT2D eigenvalue weighted by atomic mass is 16.5. The van der Waals surface area contributed by atoms with Crippen molar-refractivity contribution in [3.63, 3.8) is 0 Å². The monoisotopic (exact) mass is 255 g/mol. The smallest absolute Gasteiger partial charge is 0.123 e. The van der Waals surface area contributed by atoms with Gasteiger partial charge in [0.25, 0.3) is 0 Å². The second-order valence-electron chi connectivity index (χ2n) is 4.68. The minimum atomic E-state index is 0.491. The highest BCUT2D eigenvalue weighted by molar-refractivity contribution is 5.66. The molecule has 0 amide bonds. The second kappa shape index (κ2) is 6.39. The van der Waals surface area contributed by atoms with Crippen molar-refractivity contribution < 1.29 is 4.74 Å². The third kappa shape index (κ3) is 3.15. The molecule has 2 N–H and O–H groups in total. The summed E-state index contributed by atoms with van der Waals surface area (Å²) < 4.78 is 5.30. The van der Waals surface area contributed by atoms with E-state index in [0.29, 0.717) is 6.54 Å². The lowest BCUT2D eigenvalue weighted by atomic mass is 10.00. The summed E-state index contributed by atoms with van der Waals surface area (Å²) in [5.74, 6) is 0.855. The van der Waals surface area contributed by atoms with Gasteiger partial charge in [-0.3, -0.25) is 0 Å². The number of ether oxygens (including phenoxy) is 1. The molecule has 0 aromatic heterocycles. The van der Waals surface area contributed by atoms with E-state index in [1.807, 2.05) is 6.07 Å². The van der Waals surface area contributed by atoms with Crippen LogP contribution in [0.5, 0.6) is 5.75 Å². The quantitative estimate of drug-likeness (QED) is 0.882. The average molecular weight is 255 g/mol. The molecule has 0 aliphatic carbocycles. The van der Waals surface area contributed by atoms with Crippen LogP contribution in [0.2, 0.25) is 0 Å². The van der Waals surface area contributed by atoms with E-state index in [2.05, 4.69) is 43.3 Å². The molecule has 0 saturated heterocycles. The van der Waals surface area contributed by atoms with E-state index in [4.69, 9.17) is 10.5 Å². The lowest BCUT2D eigenvalue weighted by Crippen LogP contribution is -2.00. The lowest BCUT2D eigenvalue weighted by molar-refractivity contribution is 0.410. The summed E-state index contributed by atoms with van der Waals surface area (Å²) >= 11 is 0. The standard InChI is InChI=1S/C17H21NO/c1-3-4-13-5-7-14(8-6-13)15-9-10-17(19-2)16(11-15)12-18/h5-11H,3-4,12,18H2,1-2H3. The summed E-state index contributed by atoms with van der Waals surface area (Å²) in [5, 5.41) is 0. The van der Waals surface area contributed by atoms with Gasteiger partial charge in [0.1, 0.15) is 5.75 Å². The topological polar surface area (TPSA) is 35.2 Å². The first-order valence-corrected chi connectivity index (χ1v) is 6.74. The van der Waals surface area contributed by atoms with Gasteiger partial charge in [0.2, 0.25) is 0 Å². The summed E-state index contributed by atoms with van der Waals surface area (Å²) in [6, 6.07) is 14.9. The molecule has 2 aromatic rings. The zero-order valence-corrected chi connectivity index (χ0v) is 11.6. The number of methoxy groups -OCH3 is 1. The van der Waals surface area contributed by atoms with Crippen molar-refractivity contribution in [3.05, 3.63) is 53.6 Å². The Kier molecular flexibility index (Phi) is 4.58. The van der Waals surface area contributed by atoms with Gasteiger partial charge in [-0.1, -0.05) is 43.7 Å².